The zero-order valence-corrected chi connectivity index (χ0v) is 17.7. The van der Waals surface area contributed by atoms with Gasteiger partial charge in [0.2, 0.25) is 0 Å². The molecule has 0 aliphatic heterocycles. The Morgan fingerprint density at radius 1 is 1.00 bits per heavy atom. The Kier molecular flexibility index (Phi) is 7.00. The summed E-state index contributed by atoms with van der Waals surface area (Å²) in [5.41, 5.74) is 4.50. The van der Waals surface area contributed by atoms with Crippen molar-refractivity contribution in [1.29, 1.82) is 0 Å². The standard InChI is InChI=1S/C23H28N2O2S/c1-4-17-11-15(3)12-18(5-2)21(17)22-19(26)13-16(14-20(22)27)7-10-28-23-24-8-6-9-25-23/h6,8-9,11-12,16,22H,4-5,7,10,13-14H2,1-3H3. The summed E-state index contributed by atoms with van der Waals surface area (Å²) < 4.78 is 0. The second-order valence-corrected chi connectivity index (χ2v) is 8.57. The molecule has 4 nitrogen and oxygen atoms in total. The van der Waals surface area contributed by atoms with Crippen molar-refractivity contribution in [1.82, 2.24) is 9.97 Å². The summed E-state index contributed by atoms with van der Waals surface area (Å²) in [6.45, 7) is 6.28. The van der Waals surface area contributed by atoms with Gasteiger partial charge in [-0.15, -0.1) is 0 Å². The number of hydrogen-bond acceptors (Lipinski definition) is 5. The van der Waals surface area contributed by atoms with Gasteiger partial charge < -0.3 is 0 Å². The van der Waals surface area contributed by atoms with Gasteiger partial charge in [0.15, 0.2) is 5.16 Å². The lowest BCUT2D eigenvalue weighted by Gasteiger charge is -2.29. The molecule has 1 aromatic carbocycles. The molecule has 0 radical (unpaired) electrons. The first kappa shape index (κ1) is 20.7. The fourth-order valence-corrected chi connectivity index (χ4v) is 5.07. The molecular formula is C23H28N2O2S. The van der Waals surface area contributed by atoms with E-state index in [0.29, 0.717) is 12.8 Å². The van der Waals surface area contributed by atoms with Crippen molar-refractivity contribution in [2.75, 3.05) is 5.75 Å². The summed E-state index contributed by atoms with van der Waals surface area (Å²) in [6.07, 6.45) is 6.97. The highest BCUT2D eigenvalue weighted by molar-refractivity contribution is 7.99. The highest BCUT2D eigenvalue weighted by Crippen LogP contribution is 2.37. The maximum atomic E-state index is 13.0. The molecule has 0 amide bonds. The highest BCUT2D eigenvalue weighted by atomic mass is 32.2. The molecule has 1 aliphatic rings. The molecule has 0 unspecified atom stereocenters. The van der Waals surface area contributed by atoms with Crippen LogP contribution in [0.25, 0.3) is 0 Å². The lowest BCUT2D eigenvalue weighted by molar-refractivity contribution is -0.133. The van der Waals surface area contributed by atoms with Gasteiger partial charge in [0, 0.05) is 31.0 Å². The number of nitrogens with zero attached hydrogens (tertiary/aromatic N) is 2. The van der Waals surface area contributed by atoms with Crippen LogP contribution in [0.4, 0.5) is 0 Å². The lowest BCUT2D eigenvalue weighted by Crippen LogP contribution is -2.33. The Balaban J connectivity index is 1.71. The van der Waals surface area contributed by atoms with Crippen LogP contribution in [0.2, 0.25) is 0 Å². The second kappa shape index (κ2) is 9.46. The van der Waals surface area contributed by atoms with Crippen molar-refractivity contribution in [3.63, 3.8) is 0 Å². The first-order valence-corrected chi connectivity index (χ1v) is 11.1. The summed E-state index contributed by atoms with van der Waals surface area (Å²) in [4.78, 5) is 34.4. The van der Waals surface area contributed by atoms with E-state index in [4.69, 9.17) is 0 Å². The number of carbonyl (C=O) groups excluding carboxylic acids is 2. The third-order valence-electron chi connectivity index (χ3n) is 5.47. The SMILES string of the molecule is CCc1cc(C)cc(CC)c1C1C(=O)CC(CCSc2ncccn2)CC1=O. The summed E-state index contributed by atoms with van der Waals surface area (Å²) in [5.74, 6) is 0.580. The molecule has 1 aromatic heterocycles. The Morgan fingerprint density at radius 3 is 2.11 bits per heavy atom. The van der Waals surface area contributed by atoms with Crippen LogP contribution < -0.4 is 0 Å². The zero-order valence-electron chi connectivity index (χ0n) is 16.9. The molecule has 0 atom stereocenters. The average Bonchev–Trinajstić information content (AvgIpc) is 2.68. The van der Waals surface area contributed by atoms with Crippen LogP contribution in [-0.4, -0.2) is 27.3 Å². The van der Waals surface area contributed by atoms with Gasteiger partial charge in [0.25, 0.3) is 0 Å². The van der Waals surface area contributed by atoms with Gasteiger partial charge in [-0.2, -0.15) is 0 Å². The van der Waals surface area contributed by atoms with Gasteiger partial charge in [0.05, 0.1) is 0 Å². The quantitative estimate of drug-likeness (QED) is 0.385. The number of hydrogen-bond donors (Lipinski definition) is 0. The molecule has 0 N–H and O–H groups in total. The number of ketones is 2. The summed E-state index contributed by atoms with van der Waals surface area (Å²) >= 11 is 1.58. The molecule has 2 aromatic rings. The van der Waals surface area contributed by atoms with Gasteiger partial charge >= 0.3 is 0 Å². The summed E-state index contributed by atoms with van der Waals surface area (Å²) in [6, 6.07) is 6.07. The summed E-state index contributed by atoms with van der Waals surface area (Å²) in [7, 11) is 0. The number of Topliss-reactive ketones (excluding diaryl/α,β-unsaturated/α-hetero) is 2. The number of carbonyl (C=O) groups is 2. The van der Waals surface area contributed by atoms with E-state index >= 15 is 0 Å². The highest BCUT2D eigenvalue weighted by Gasteiger charge is 2.38. The minimum Gasteiger partial charge on any atom is -0.299 e. The molecule has 1 saturated carbocycles. The fraction of sp³-hybridized carbons (Fsp3) is 0.478. The number of aromatic nitrogens is 2. The van der Waals surface area contributed by atoms with E-state index in [-0.39, 0.29) is 17.5 Å². The van der Waals surface area contributed by atoms with Crippen molar-refractivity contribution in [3.8, 4) is 0 Å². The molecule has 148 valence electrons. The van der Waals surface area contributed by atoms with Crippen LogP contribution in [0.3, 0.4) is 0 Å². The third-order valence-corrected chi connectivity index (χ3v) is 6.38. The van der Waals surface area contributed by atoms with Crippen molar-refractivity contribution in [2.24, 2.45) is 5.92 Å². The van der Waals surface area contributed by atoms with E-state index in [1.54, 1.807) is 30.2 Å². The molecule has 3 rings (SSSR count). The minimum absolute atomic E-state index is 0.0930. The predicted molar refractivity (Wildman–Crippen MR) is 113 cm³/mol. The Hall–Kier alpha value is -2.01. The van der Waals surface area contributed by atoms with E-state index in [1.165, 1.54) is 5.56 Å². The topological polar surface area (TPSA) is 59.9 Å². The van der Waals surface area contributed by atoms with E-state index in [9.17, 15) is 9.59 Å². The second-order valence-electron chi connectivity index (χ2n) is 7.51. The van der Waals surface area contributed by atoms with Gasteiger partial charge in [-0.3, -0.25) is 9.59 Å². The number of thioether (sulfide) groups is 1. The van der Waals surface area contributed by atoms with Gasteiger partial charge in [0.1, 0.15) is 17.5 Å². The molecule has 1 aliphatic carbocycles. The van der Waals surface area contributed by atoms with Crippen LogP contribution in [0.15, 0.2) is 35.7 Å². The molecule has 0 spiro atoms. The molecule has 5 heteroatoms. The van der Waals surface area contributed by atoms with Gasteiger partial charge in [-0.1, -0.05) is 43.3 Å². The van der Waals surface area contributed by atoms with Crippen LogP contribution in [0, 0.1) is 12.8 Å². The van der Waals surface area contributed by atoms with Gasteiger partial charge in [-0.25, -0.2) is 9.97 Å². The Morgan fingerprint density at radius 2 is 1.57 bits per heavy atom. The number of benzene rings is 1. The van der Waals surface area contributed by atoms with E-state index in [2.05, 4.69) is 42.9 Å². The van der Waals surface area contributed by atoms with Crippen LogP contribution in [0.1, 0.15) is 61.3 Å². The van der Waals surface area contributed by atoms with E-state index in [1.807, 2.05) is 0 Å². The van der Waals surface area contributed by atoms with Crippen molar-refractivity contribution in [2.45, 2.75) is 63.9 Å². The smallest absolute Gasteiger partial charge is 0.187 e. The Labute approximate surface area is 171 Å². The predicted octanol–water partition coefficient (Wildman–Crippen LogP) is 4.72. The lowest BCUT2D eigenvalue weighted by atomic mass is 9.73. The van der Waals surface area contributed by atoms with E-state index in [0.717, 1.165) is 46.9 Å². The molecule has 28 heavy (non-hydrogen) atoms. The summed E-state index contributed by atoms with van der Waals surface area (Å²) in [5, 5.41) is 0.744. The normalized spacial score (nSPS) is 19.8. The van der Waals surface area contributed by atoms with Crippen molar-refractivity contribution >= 4 is 23.3 Å². The average molecular weight is 397 g/mol. The molecule has 1 heterocycles. The maximum Gasteiger partial charge on any atom is 0.187 e. The van der Waals surface area contributed by atoms with Gasteiger partial charge in [-0.05, 0) is 54.9 Å². The van der Waals surface area contributed by atoms with Crippen LogP contribution >= 0.6 is 11.8 Å². The first-order valence-electron chi connectivity index (χ1n) is 10.1. The maximum absolute atomic E-state index is 13.0. The molecular weight excluding hydrogens is 368 g/mol. The monoisotopic (exact) mass is 396 g/mol. The Bertz CT molecular complexity index is 808. The van der Waals surface area contributed by atoms with E-state index < -0.39 is 5.92 Å². The molecule has 0 bridgehead atoms. The van der Waals surface area contributed by atoms with Crippen LogP contribution in [-0.2, 0) is 22.4 Å². The molecule has 1 fully saturated rings. The molecule has 0 saturated heterocycles. The number of aryl methyl sites for hydroxylation is 3. The zero-order chi connectivity index (χ0) is 20.1. The van der Waals surface area contributed by atoms with Crippen molar-refractivity contribution < 1.29 is 9.59 Å². The fourth-order valence-electron chi connectivity index (χ4n) is 4.17. The third kappa shape index (κ3) is 4.69. The minimum atomic E-state index is -0.563. The first-order chi connectivity index (χ1) is 13.5. The largest absolute Gasteiger partial charge is 0.299 e. The van der Waals surface area contributed by atoms with Crippen molar-refractivity contribution in [3.05, 3.63) is 52.8 Å². The van der Waals surface area contributed by atoms with Crippen LogP contribution in [0.5, 0.6) is 0 Å². The number of rotatable bonds is 7.